The van der Waals surface area contributed by atoms with Gasteiger partial charge in [-0.1, -0.05) is 12.2 Å². The van der Waals surface area contributed by atoms with Crippen molar-refractivity contribution in [2.75, 3.05) is 13.2 Å². The van der Waals surface area contributed by atoms with E-state index in [-0.39, 0.29) is 29.4 Å². The zero-order valence-corrected chi connectivity index (χ0v) is 16.1. The van der Waals surface area contributed by atoms with Crippen LogP contribution in [0.1, 0.15) is 53.5 Å². The lowest BCUT2D eigenvalue weighted by Gasteiger charge is -2.14. The van der Waals surface area contributed by atoms with Crippen molar-refractivity contribution in [1.82, 2.24) is 9.47 Å². The maximum absolute atomic E-state index is 12.5. The summed E-state index contributed by atoms with van der Waals surface area (Å²) in [4.78, 5) is 50.4. The van der Waals surface area contributed by atoms with Crippen molar-refractivity contribution in [3.05, 3.63) is 35.2 Å². The van der Waals surface area contributed by atoms with Crippen LogP contribution >= 0.6 is 0 Å². The molecule has 1 saturated heterocycles. The van der Waals surface area contributed by atoms with E-state index >= 15 is 0 Å². The van der Waals surface area contributed by atoms with Crippen molar-refractivity contribution < 1.29 is 23.9 Å². The molecular formula is C21H24N2O5. The van der Waals surface area contributed by atoms with Crippen LogP contribution in [0.3, 0.4) is 0 Å². The van der Waals surface area contributed by atoms with E-state index in [0.29, 0.717) is 24.4 Å². The maximum atomic E-state index is 12.5. The second kappa shape index (κ2) is 7.04. The number of allylic oxidation sites excluding steroid dienone is 2. The van der Waals surface area contributed by atoms with E-state index in [1.807, 2.05) is 32.1 Å². The number of aromatic nitrogens is 1. The number of carbonyl (C=O) groups excluding carboxylic acids is 4. The van der Waals surface area contributed by atoms with Gasteiger partial charge < -0.3 is 9.30 Å². The molecule has 0 spiro atoms. The molecule has 0 aromatic carbocycles. The van der Waals surface area contributed by atoms with Gasteiger partial charge in [-0.05, 0) is 45.6 Å². The highest BCUT2D eigenvalue weighted by Crippen LogP contribution is 2.38. The number of esters is 1. The summed E-state index contributed by atoms with van der Waals surface area (Å²) >= 11 is 0. The summed E-state index contributed by atoms with van der Waals surface area (Å²) in [7, 11) is 0. The molecule has 0 unspecified atom stereocenters. The standard InChI is InChI=1S/C21H24N2O5/c1-12-9-17(13(2)23(12)14-7-8-14)18(24)11-28-19(25)10-22-20(26)15-5-3-4-6-16(15)21(22)27/h3-4,9,14-16H,5-8,10-11H2,1-2H3/t15-,16-/m1/s1. The zero-order valence-electron chi connectivity index (χ0n) is 16.1. The molecule has 2 amide bonds. The van der Waals surface area contributed by atoms with E-state index in [1.54, 1.807) is 0 Å². The molecule has 7 heteroatoms. The Morgan fingerprint density at radius 1 is 1.07 bits per heavy atom. The van der Waals surface area contributed by atoms with Gasteiger partial charge in [0.05, 0.1) is 11.8 Å². The Balaban J connectivity index is 1.35. The Kier molecular flexibility index (Phi) is 4.69. The average Bonchev–Trinajstić information content (AvgIpc) is 3.43. The van der Waals surface area contributed by atoms with Crippen LogP contribution in [0.4, 0.5) is 0 Å². The van der Waals surface area contributed by atoms with E-state index in [4.69, 9.17) is 4.74 Å². The van der Waals surface area contributed by atoms with Crippen molar-refractivity contribution in [2.45, 2.75) is 45.6 Å². The maximum Gasteiger partial charge on any atom is 0.326 e. The van der Waals surface area contributed by atoms with Crippen LogP contribution in [0.15, 0.2) is 18.2 Å². The number of fused-ring (bicyclic) bond motifs is 1. The first-order valence-electron chi connectivity index (χ1n) is 9.76. The molecule has 4 rings (SSSR count). The van der Waals surface area contributed by atoms with Crippen molar-refractivity contribution in [1.29, 1.82) is 0 Å². The minimum atomic E-state index is -0.738. The number of aryl methyl sites for hydroxylation is 1. The first-order valence-corrected chi connectivity index (χ1v) is 9.76. The molecule has 1 aromatic rings. The van der Waals surface area contributed by atoms with Crippen molar-refractivity contribution in [3.8, 4) is 0 Å². The number of likely N-dealkylation sites (tertiary alicyclic amines) is 1. The van der Waals surface area contributed by atoms with Gasteiger partial charge >= 0.3 is 5.97 Å². The normalized spacial score (nSPS) is 23.9. The predicted molar refractivity (Wildman–Crippen MR) is 99.5 cm³/mol. The van der Waals surface area contributed by atoms with E-state index in [0.717, 1.165) is 29.1 Å². The summed E-state index contributed by atoms with van der Waals surface area (Å²) in [6.45, 7) is 3.04. The van der Waals surface area contributed by atoms with Gasteiger partial charge in [0.25, 0.3) is 0 Å². The number of hydrogen-bond acceptors (Lipinski definition) is 5. The molecule has 1 aliphatic heterocycles. The first kappa shape index (κ1) is 18.7. The zero-order chi connectivity index (χ0) is 20.0. The average molecular weight is 384 g/mol. The third-order valence-electron chi connectivity index (χ3n) is 5.95. The molecule has 2 atom stereocenters. The van der Waals surface area contributed by atoms with E-state index in [2.05, 4.69) is 4.57 Å². The minimum Gasteiger partial charge on any atom is -0.456 e. The summed E-state index contributed by atoms with van der Waals surface area (Å²) < 4.78 is 7.25. The van der Waals surface area contributed by atoms with Gasteiger partial charge in [-0.25, -0.2) is 0 Å². The van der Waals surface area contributed by atoms with Crippen molar-refractivity contribution >= 4 is 23.6 Å². The quantitative estimate of drug-likeness (QED) is 0.325. The third kappa shape index (κ3) is 3.19. The topological polar surface area (TPSA) is 85.7 Å². The van der Waals surface area contributed by atoms with Crippen LogP contribution < -0.4 is 0 Å². The van der Waals surface area contributed by atoms with Gasteiger partial charge in [-0.15, -0.1) is 0 Å². The predicted octanol–water partition coefficient (Wildman–Crippen LogP) is 2.12. The summed E-state index contributed by atoms with van der Waals surface area (Å²) in [6.07, 6.45) is 7.07. The molecule has 0 N–H and O–H groups in total. The SMILES string of the molecule is Cc1cc(C(=O)COC(=O)CN2C(=O)[C@@H]3CC=CC[C@H]3C2=O)c(C)n1C1CC1. The lowest BCUT2D eigenvalue weighted by molar-refractivity contribution is -0.152. The number of ketones is 1. The Bertz CT molecular complexity index is 867. The van der Waals surface area contributed by atoms with Gasteiger partial charge in [0, 0.05) is 23.0 Å². The molecule has 0 radical (unpaired) electrons. The number of hydrogen-bond donors (Lipinski definition) is 0. The van der Waals surface area contributed by atoms with Crippen LogP contribution in [0.25, 0.3) is 0 Å². The van der Waals surface area contributed by atoms with Gasteiger partial charge in [-0.2, -0.15) is 0 Å². The van der Waals surface area contributed by atoms with E-state index in [1.165, 1.54) is 0 Å². The number of nitrogens with zero attached hydrogens (tertiary/aromatic N) is 2. The molecule has 2 aliphatic carbocycles. The van der Waals surface area contributed by atoms with E-state index in [9.17, 15) is 19.2 Å². The first-order chi connectivity index (χ1) is 13.4. The number of ether oxygens (including phenoxy) is 1. The highest BCUT2D eigenvalue weighted by molar-refractivity contribution is 6.07. The highest BCUT2D eigenvalue weighted by atomic mass is 16.5. The molecule has 148 valence electrons. The molecule has 1 saturated carbocycles. The molecule has 1 aromatic heterocycles. The Morgan fingerprint density at radius 2 is 1.68 bits per heavy atom. The van der Waals surface area contributed by atoms with Gasteiger partial charge in [0.1, 0.15) is 6.54 Å². The lowest BCUT2D eigenvalue weighted by atomic mass is 9.85. The highest BCUT2D eigenvalue weighted by Gasteiger charge is 2.47. The van der Waals surface area contributed by atoms with Crippen LogP contribution in [0, 0.1) is 25.7 Å². The van der Waals surface area contributed by atoms with Crippen LogP contribution in [-0.2, 0) is 19.1 Å². The number of carbonyl (C=O) groups is 4. The van der Waals surface area contributed by atoms with Crippen LogP contribution in [-0.4, -0.2) is 46.2 Å². The molecule has 28 heavy (non-hydrogen) atoms. The van der Waals surface area contributed by atoms with E-state index < -0.39 is 19.1 Å². The molecule has 0 bridgehead atoms. The minimum absolute atomic E-state index is 0.273. The van der Waals surface area contributed by atoms with Gasteiger partial charge in [0.15, 0.2) is 6.61 Å². The second-order valence-corrected chi connectivity index (χ2v) is 7.89. The fraction of sp³-hybridized carbons (Fsp3) is 0.524. The monoisotopic (exact) mass is 384 g/mol. The smallest absolute Gasteiger partial charge is 0.326 e. The summed E-state index contributed by atoms with van der Waals surface area (Å²) in [5.41, 5.74) is 2.48. The van der Waals surface area contributed by atoms with Gasteiger partial charge in [-0.3, -0.25) is 24.1 Å². The molecule has 2 fully saturated rings. The fourth-order valence-corrected chi connectivity index (χ4v) is 4.38. The molecular weight excluding hydrogens is 360 g/mol. The number of imide groups is 1. The third-order valence-corrected chi connectivity index (χ3v) is 5.95. The van der Waals surface area contributed by atoms with Crippen LogP contribution in [0.2, 0.25) is 0 Å². The number of Topliss-reactive ketones (excluding diaryl/α,β-unsaturated/α-hetero) is 1. The summed E-state index contributed by atoms with van der Waals surface area (Å²) in [5, 5.41) is 0. The van der Waals surface area contributed by atoms with Crippen LogP contribution in [0.5, 0.6) is 0 Å². The van der Waals surface area contributed by atoms with Crippen molar-refractivity contribution in [2.24, 2.45) is 11.8 Å². The van der Waals surface area contributed by atoms with Crippen molar-refractivity contribution in [3.63, 3.8) is 0 Å². The Morgan fingerprint density at radius 3 is 2.25 bits per heavy atom. The summed E-state index contributed by atoms with van der Waals surface area (Å²) in [5.74, 6) is -2.41. The molecule has 3 aliphatic rings. The van der Waals surface area contributed by atoms with Gasteiger partial charge in [0.2, 0.25) is 17.6 Å². The number of rotatable bonds is 6. The molecule has 2 heterocycles. The largest absolute Gasteiger partial charge is 0.456 e. The molecule has 7 nitrogen and oxygen atoms in total. The summed E-state index contributed by atoms with van der Waals surface area (Å²) in [6, 6.07) is 2.30. The Hall–Kier alpha value is -2.70. The number of amides is 2. The fourth-order valence-electron chi connectivity index (χ4n) is 4.38. The lowest BCUT2D eigenvalue weighted by Crippen LogP contribution is -2.37. The Labute approximate surface area is 163 Å². The second-order valence-electron chi connectivity index (χ2n) is 7.89.